The van der Waals surface area contributed by atoms with Crippen molar-refractivity contribution in [2.75, 3.05) is 12.3 Å². The summed E-state index contributed by atoms with van der Waals surface area (Å²) in [6.07, 6.45) is 0.983. The normalized spacial score (nSPS) is 14.1. The van der Waals surface area contributed by atoms with Gasteiger partial charge in [-0.3, -0.25) is 4.79 Å². The van der Waals surface area contributed by atoms with Crippen LogP contribution in [-0.2, 0) is 4.79 Å². The summed E-state index contributed by atoms with van der Waals surface area (Å²) in [7, 11) is 0. The van der Waals surface area contributed by atoms with Gasteiger partial charge in [-0.25, -0.2) is 0 Å². The minimum atomic E-state index is -0.656. The van der Waals surface area contributed by atoms with Gasteiger partial charge in [0.25, 0.3) is 0 Å². The second-order valence-electron chi connectivity index (χ2n) is 5.18. The second kappa shape index (κ2) is 6.96. The molecule has 0 saturated heterocycles. The monoisotopic (exact) mass is 280 g/mol. The lowest BCUT2D eigenvalue weighted by molar-refractivity contribution is -0.122. The van der Waals surface area contributed by atoms with Gasteiger partial charge in [-0.2, -0.15) is 0 Å². The van der Waals surface area contributed by atoms with Gasteiger partial charge in [0, 0.05) is 10.6 Å². The molecule has 0 fully saturated rings. The van der Waals surface area contributed by atoms with E-state index in [9.17, 15) is 4.79 Å². The SMILES string of the molecule is CCCNC(C)(CSc1cc(C)ccc1C)C(N)=O. The van der Waals surface area contributed by atoms with E-state index in [1.54, 1.807) is 11.8 Å². The highest BCUT2D eigenvalue weighted by atomic mass is 32.2. The van der Waals surface area contributed by atoms with Crippen molar-refractivity contribution in [1.29, 1.82) is 0 Å². The lowest BCUT2D eigenvalue weighted by Crippen LogP contribution is -2.55. The highest BCUT2D eigenvalue weighted by Crippen LogP contribution is 2.26. The fourth-order valence-corrected chi connectivity index (χ4v) is 2.95. The van der Waals surface area contributed by atoms with Gasteiger partial charge in [0.2, 0.25) is 5.91 Å². The first-order valence-corrected chi connectivity index (χ1v) is 7.62. The summed E-state index contributed by atoms with van der Waals surface area (Å²) in [5, 5.41) is 3.25. The number of benzene rings is 1. The van der Waals surface area contributed by atoms with Crippen molar-refractivity contribution in [2.24, 2.45) is 5.73 Å². The van der Waals surface area contributed by atoms with Crippen molar-refractivity contribution in [1.82, 2.24) is 5.32 Å². The van der Waals surface area contributed by atoms with Crippen molar-refractivity contribution in [3.8, 4) is 0 Å². The van der Waals surface area contributed by atoms with Gasteiger partial charge < -0.3 is 11.1 Å². The van der Waals surface area contributed by atoms with Crippen LogP contribution in [0, 0.1) is 13.8 Å². The molecule has 1 rings (SSSR count). The molecule has 0 saturated carbocycles. The van der Waals surface area contributed by atoms with Crippen molar-refractivity contribution >= 4 is 17.7 Å². The number of carbonyl (C=O) groups excluding carboxylic acids is 1. The predicted molar refractivity (Wildman–Crippen MR) is 82.5 cm³/mol. The predicted octanol–water partition coefficient (Wildman–Crippen LogP) is 2.64. The first-order chi connectivity index (χ1) is 8.89. The molecule has 0 heterocycles. The molecule has 3 N–H and O–H groups in total. The second-order valence-corrected chi connectivity index (χ2v) is 6.20. The summed E-state index contributed by atoms with van der Waals surface area (Å²) in [4.78, 5) is 12.9. The molecule has 0 aliphatic rings. The van der Waals surface area contributed by atoms with E-state index in [1.807, 2.05) is 6.92 Å². The molecular formula is C15H24N2OS. The molecule has 0 aromatic heterocycles. The Morgan fingerprint density at radius 3 is 2.68 bits per heavy atom. The van der Waals surface area contributed by atoms with Crippen LogP contribution in [0.15, 0.2) is 23.1 Å². The zero-order valence-corrected chi connectivity index (χ0v) is 13.1. The molecule has 0 spiro atoms. The molecule has 1 atom stereocenters. The maximum atomic E-state index is 11.6. The molecule has 0 aliphatic heterocycles. The van der Waals surface area contributed by atoms with Gasteiger partial charge in [0.05, 0.1) is 0 Å². The summed E-state index contributed by atoms with van der Waals surface area (Å²) in [5.41, 5.74) is 7.34. The summed E-state index contributed by atoms with van der Waals surface area (Å²) in [5.74, 6) is 0.353. The Morgan fingerprint density at radius 2 is 2.11 bits per heavy atom. The van der Waals surface area contributed by atoms with Crippen LogP contribution in [0.4, 0.5) is 0 Å². The molecule has 0 radical (unpaired) electrons. The average Bonchev–Trinajstić information content (AvgIpc) is 2.37. The fourth-order valence-electron chi connectivity index (χ4n) is 1.70. The number of carbonyl (C=O) groups is 1. The van der Waals surface area contributed by atoms with E-state index in [4.69, 9.17) is 5.73 Å². The highest BCUT2D eigenvalue weighted by Gasteiger charge is 2.30. The summed E-state index contributed by atoms with van der Waals surface area (Å²) in [6, 6.07) is 6.36. The van der Waals surface area contributed by atoms with Crippen molar-refractivity contribution in [2.45, 2.75) is 44.6 Å². The number of amides is 1. The number of hydrogen-bond donors (Lipinski definition) is 2. The van der Waals surface area contributed by atoms with Crippen LogP contribution in [0.25, 0.3) is 0 Å². The van der Waals surface area contributed by atoms with Gasteiger partial charge in [-0.15, -0.1) is 11.8 Å². The Balaban J connectivity index is 2.76. The largest absolute Gasteiger partial charge is 0.368 e. The van der Waals surface area contributed by atoms with Gasteiger partial charge in [-0.1, -0.05) is 24.6 Å². The first kappa shape index (κ1) is 16.1. The molecule has 1 aromatic carbocycles. The molecule has 0 aliphatic carbocycles. The van der Waals surface area contributed by atoms with E-state index in [-0.39, 0.29) is 5.91 Å². The van der Waals surface area contributed by atoms with Crippen LogP contribution in [0.2, 0.25) is 0 Å². The van der Waals surface area contributed by atoms with Crippen molar-refractivity contribution < 1.29 is 4.79 Å². The number of primary amides is 1. The van der Waals surface area contributed by atoms with Gasteiger partial charge in [-0.05, 0) is 45.4 Å². The van der Waals surface area contributed by atoms with E-state index in [0.29, 0.717) is 5.75 Å². The van der Waals surface area contributed by atoms with Crippen molar-refractivity contribution in [3.05, 3.63) is 29.3 Å². The van der Waals surface area contributed by atoms with Crippen LogP contribution in [-0.4, -0.2) is 23.7 Å². The quantitative estimate of drug-likeness (QED) is 0.755. The Labute approximate surface area is 120 Å². The van der Waals surface area contributed by atoms with E-state index in [1.165, 1.54) is 16.0 Å². The maximum absolute atomic E-state index is 11.6. The van der Waals surface area contributed by atoms with Crippen LogP contribution < -0.4 is 11.1 Å². The lowest BCUT2D eigenvalue weighted by atomic mass is 10.0. The number of aryl methyl sites for hydroxylation is 2. The van der Waals surface area contributed by atoms with E-state index in [0.717, 1.165) is 13.0 Å². The molecular weight excluding hydrogens is 256 g/mol. The smallest absolute Gasteiger partial charge is 0.238 e. The van der Waals surface area contributed by atoms with Crippen LogP contribution >= 0.6 is 11.8 Å². The molecule has 1 unspecified atom stereocenters. The molecule has 3 nitrogen and oxygen atoms in total. The summed E-state index contributed by atoms with van der Waals surface area (Å²) >= 11 is 1.68. The van der Waals surface area contributed by atoms with E-state index < -0.39 is 5.54 Å². The molecule has 1 aromatic rings. The van der Waals surface area contributed by atoms with Gasteiger partial charge in [0.15, 0.2) is 0 Å². The van der Waals surface area contributed by atoms with E-state index >= 15 is 0 Å². The number of hydrogen-bond acceptors (Lipinski definition) is 3. The van der Waals surface area contributed by atoms with Gasteiger partial charge in [0.1, 0.15) is 5.54 Å². The number of nitrogens with one attached hydrogen (secondary N) is 1. The molecule has 0 bridgehead atoms. The molecule has 106 valence electrons. The minimum Gasteiger partial charge on any atom is -0.368 e. The van der Waals surface area contributed by atoms with Crippen molar-refractivity contribution in [3.63, 3.8) is 0 Å². The third-order valence-corrected chi connectivity index (χ3v) is 4.64. The Morgan fingerprint density at radius 1 is 1.42 bits per heavy atom. The minimum absolute atomic E-state index is 0.293. The Hall–Kier alpha value is -1.00. The third kappa shape index (κ3) is 4.55. The van der Waals surface area contributed by atoms with Crippen LogP contribution in [0.5, 0.6) is 0 Å². The topological polar surface area (TPSA) is 55.1 Å². The van der Waals surface area contributed by atoms with Crippen LogP contribution in [0.1, 0.15) is 31.4 Å². The van der Waals surface area contributed by atoms with E-state index in [2.05, 4.69) is 44.3 Å². The Kier molecular flexibility index (Phi) is 5.88. The zero-order chi connectivity index (χ0) is 14.5. The number of rotatable bonds is 7. The standard InChI is InChI=1S/C15H24N2OS/c1-5-8-17-15(4,14(16)18)10-19-13-9-11(2)6-7-12(13)3/h6-7,9,17H,5,8,10H2,1-4H3,(H2,16,18). The Bertz CT molecular complexity index is 448. The third-order valence-electron chi connectivity index (χ3n) is 3.17. The van der Waals surface area contributed by atoms with Crippen LogP contribution in [0.3, 0.4) is 0 Å². The number of nitrogens with two attached hydrogens (primary N) is 1. The molecule has 4 heteroatoms. The zero-order valence-electron chi connectivity index (χ0n) is 12.2. The molecule has 1 amide bonds. The fraction of sp³-hybridized carbons (Fsp3) is 0.533. The van der Waals surface area contributed by atoms with Gasteiger partial charge >= 0.3 is 0 Å². The number of thioether (sulfide) groups is 1. The lowest BCUT2D eigenvalue weighted by Gasteiger charge is -2.27. The average molecular weight is 280 g/mol. The highest BCUT2D eigenvalue weighted by molar-refractivity contribution is 7.99. The summed E-state index contributed by atoms with van der Waals surface area (Å²) in [6.45, 7) is 8.91. The summed E-state index contributed by atoms with van der Waals surface area (Å²) < 4.78 is 0. The maximum Gasteiger partial charge on any atom is 0.238 e. The first-order valence-electron chi connectivity index (χ1n) is 6.64. The molecule has 19 heavy (non-hydrogen) atoms.